The highest BCUT2D eigenvalue weighted by atomic mass is 16.7. The largest absolute Gasteiger partial charge is 0.456 e. The van der Waals surface area contributed by atoms with E-state index in [0.29, 0.717) is 17.8 Å². The Kier molecular flexibility index (Phi) is 2.46. The summed E-state index contributed by atoms with van der Waals surface area (Å²) >= 11 is 0. The molecule has 1 spiro atoms. The van der Waals surface area contributed by atoms with Crippen LogP contribution in [0.3, 0.4) is 0 Å². The molecule has 0 aromatic heterocycles. The van der Waals surface area contributed by atoms with Crippen LogP contribution in [0.15, 0.2) is 12.5 Å². The molecule has 0 N–H and O–H groups in total. The van der Waals surface area contributed by atoms with Gasteiger partial charge in [-0.1, -0.05) is 20.8 Å². The van der Waals surface area contributed by atoms with Gasteiger partial charge in [0.15, 0.2) is 0 Å². The second-order valence-corrected chi connectivity index (χ2v) is 5.06. The summed E-state index contributed by atoms with van der Waals surface area (Å²) in [7, 11) is 0. The molecule has 2 aliphatic rings. The summed E-state index contributed by atoms with van der Waals surface area (Å²) < 4.78 is 11.4. The zero-order chi connectivity index (χ0) is 10.2. The maximum absolute atomic E-state index is 5.72. The van der Waals surface area contributed by atoms with Crippen LogP contribution in [-0.4, -0.2) is 5.79 Å². The van der Waals surface area contributed by atoms with E-state index >= 15 is 0 Å². The fraction of sp³-hybridized carbons (Fsp3) is 0.833. The van der Waals surface area contributed by atoms with Crippen molar-refractivity contribution in [1.29, 1.82) is 0 Å². The number of hydrogen-bond donors (Lipinski definition) is 0. The summed E-state index contributed by atoms with van der Waals surface area (Å²) in [5.41, 5.74) is 0. The lowest BCUT2D eigenvalue weighted by molar-refractivity contribution is -0.218. The molecule has 1 aliphatic heterocycles. The second-order valence-electron chi connectivity index (χ2n) is 5.06. The van der Waals surface area contributed by atoms with Gasteiger partial charge in [0.25, 0.3) is 5.79 Å². The highest BCUT2D eigenvalue weighted by Gasteiger charge is 2.49. The van der Waals surface area contributed by atoms with Gasteiger partial charge in [0.05, 0.1) is 0 Å². The van der Waals surface area contributed by atoms with Crippen LogP contribution < -0.4 is 0 Å². The Bertz CT molecular complexity index is 224. The minimum atomic E-state index is -0.328. The Morgan fingerprint density at radius 3 is 2.43 bits per heavy atom. The molecule has 2 rings (SSSR count). The van der Waals surface area contributed by atoms with Crippen LogP contribution in [0.25, 0.3) is 0 Å². The summed E-state index contributed by atoms with van der Waals surface area (Å²) in [5.74, 6) is 1.55. The van der Waals surface area contributed by atoms with Crippen molar-refractivity contribution in [2.24, 2.45) is 17.8 Å². The van der Waals surface area contributed by atoms with Gasteiger partial charge in [0, 0.05) is 12.3 Å². The molecule has 2 heteroatoms. The lowest BCUT2D eigenvalue weighted by atomic mass is 9.73. The van der Waals surface area contributed by atoms with Gasteiger partial charge in [-0.2, -0.15) is 0 Å². The standard InChI is InChI=1S/C12H20O2/c1-9(2)11-5-4-10(3)8-12(11)13-6-7-14-12/h6-7,9-11H,4-5,8H2,1-3H3. The van der Waals surface area contributed by atoms with Crippen molar-refractivity contribution in [2.75, 3.05) is 0 Å². The summed E-state index contributed by atoms with van der Waals surface area (Å²) in [6, 6.07) is 0. The first-order valence-electron chi connectivity index (χ1n) is 5.65. The average molecular weight is 196 g/mol. The number of ether oxygens (including phenoxy) is 2. The maximum Gasteiger partial charge on any atom is 0.253 e. The van der Waals surface area contributed by atoms with Crippen LogP contribution in [0, 0.1) is 17.8 Å². The van der Waals surface area contributed by atoms with Crippen LogP contribution in [0.5, 0.6) is 0 Å². The van der Waals surface area contributed by atoms with E-state index in [9.17, 15) is 0 Å². The van der Waals surface area contributed by atoms with E-state index in [2.05, 4.69) is 20.8 Å². The van der Waals surface area contributed by atoms with E-state index in [-0.39, 0.29) is 5.79 Å². The molecule has 0 radical (unpaired) electrons. The molecular formula is C12H20O2. The molecule has 80 valence electrons. The van der Waals surface area contributed by atoms with E-state index < -0.39 is 0 Å². The highest BCUT2D eigenvalue weighted by Crippen LogP contribution is 2.46. The van der Waals surface area contributed by atoms with Crippen molar-refractivity contribution in [3.05, 3.63) is 12.5 Å². The normalized spacial score (nSPS) is 34.6. The quantitative estimate of drug-likeness (QED) is 0.640. The van der Waals surface area contributed by atoms with Gasteiger partial charge in [-0.15, -0.1) is 0 Å². The summed E-state index contributed by atoms with van der Waals surface area (Å²) in [5, 5.41) is 0. The van der Waals surface area contributed by atoms with Gasteiger partial charge >= 0.3 is 0 Å². The molecule has 0 aromatic carbocycles. The van der Waals surface area contributed by atoms with Crippen LogP contribution in [0.4, 0.5) is 0 Å². The maximum atomic E-state index is 5.72. The van der Waals surface area contributed by atoms with Gasteiger partial charge in [-0.25, -0.2) is 0 Å². The summed E-state index contributed by atoms with van der Waals surface area (Å²) in [4.78, 5) is 0. The van der Waals surface area contributed by atoms with Crippen molar-refractivity contribution in [3.8, 4) is 0 Å². The van der Waals surface area contributed by atoms with Crippen molar-refractivity contribution >= 4 is 0 Å². The van der Waals surface area contributed by atoms with Crippen molar-refractivity contribution < 1.29 is 9.47 Å². The van der Waals surface area contributed by atoms with Gasteiger partial charge in [0.1, 0.15) is 12.5 Å². The Balaban J connectivity index is 2.15. The van der Waals surface area contributed by atoms with Crippen LogP contribution >= 0.6 is 0 Å². The van der Waals surface area contributed by atoms with E-state index in [1.165, 1.54) is 12.8 Å². The lowest BCUT2D eigenvalue weighted by Gasteiger charge is -2.43. The molecule has 1 aliphatic carbocycles. The summed E-state index contributed by atoms with van der Waals surface area (Å²) in [6.45, 7) is 6.80. The molecule has 0 aromatic rings. The van der Waals surface area contributed by atoms with Gasteiger partial charge in [-0.3, -0.25) is 0 Å². The topological polar surface area (TPSA) is 18.5 Å². The zero-order valence-corrected chi connectivity index (χ0v) is 9.32. The third-order valence-electron chi connectivity index (χ3n) is 3.56. The predicted molar refractivity (Wildman–Crippen MR) is 55.4 cm³/mol. The Labute approximate surface area is 86.3 Å². The molecular weight excluding hydrogens is 176 g/mol. The molecule has 0 amide bonds. The van der Waals surface area contributed by atoms with Crippen molar-refractivity contribution in [2.45, 2.75) is 45.8 Å². The molecule has 2 nitrogen and oxygen atoms in total. The molecule has 2 atom stereocenters. The first kappa shape index (κ1) is 9.88. The van der Waals surface area contributed by atoms with Crippen molar-refractivity contribution in [3.63, 3.8) is 0 Å². The van der Waals surface area contributed by atoms with Crippen molar-refractivity contribution in [1.82, 2.24) is 0 Å². The Morgan fingerprint density at radius 1 is 1.21 bits per heavy atom. The van der Waals surface area contributed by atoms with E-state index in [0.717, 1.165) is 6.42 Å². The predicted octanol–water partition coefficient (Wildman–Crippen LogP) is 3.29. The van der Waals surface area contributed by atoms with Crippen LogP contribution in [0.1, 0.15) is 40.0 Å². The summed E-state index contributed by atoms with van der Waals surface area (Å²) in [6.07, 6.45) is 6.96. The Hall–Kier alpha value is -0.660. The van der Waals surface area contributed by atoms with E-state index in [1.54, 1.807) is 12.5 Å². The SMILES string of the molecule is CC1CCC(C(C)C)C2(C1)OC=CO2. The highest BCUT2D eigenvalue weighted by molar-refractivity contribution is 4.94. The molecule has 2 unspecified atom stereocenters. The first-order chi connectivity index (χ1) is 6.64. The molecule has 1 saturated carbocycles. The minimum Gasteiger partial charge on any atom is -0.456 e. The second kappa shape index (κ2) is 3.48. The fourth-order valence-electron chi connectivity index (χ4n) is 2.85. The van der Waals surface area contributed by atoms with Gasteiger partial charge in [-0.05, 0) is 24.7 Å². The first-order valence-corrected chi connectivity index (χ1v) is 5.65. The molecule has 0 bridgehead atoms. The zero-order valence-electron chi connectivity index (χ0n) is 9.32. The number of rotatable bonds is 1. The molecule has 1 fully saturated rings. The third kappa shape index (κ3) is 1.51. The Morgan fingerprint density at radius 2 is 1.86 bits per heavy atom. The molecule has 1 heterocycles. The lowest BCUT2D eigenvalue weighted by Crippen LogP contribution is -2.46. The average Bonchev–Trinajstić information content (AvgIpc) is 2.52. The monoisotopic (exact) mass is 196 g/mol. The van der Waals surface area contributed by atoms with Gasteiger partial charge in [0.2, 0.25) is 0 Å². The fourth-order valence-corrected chi connectivity index (χ4v) is 2.85. The third-order valence-corrected chi connectivity index (χ3v) is 3.56. The van der Waals surface area contributed by atoms with Gasteiger partial charge < -0.3 is 9.47 Å². The molecule has 0 saturated heterocycles. The van der Waals surface area contributed by atoms with E-state index in [4.69, 9.17) is 9.47 Å². The smallest absolute Gasteiger partial charge is 0.253 e. The van der Waals surface area contributed by atoms with Crippen LogP contribution in [-0.2, 0) is 9.47 Å². The van der Waals surface area contributed by atoms with Crippen LogP contribution in [0.2, 0.25) is 0 Å². The molecule has 14 heavy (non-hydrogen) atoms. The number of hydrogen-bond acceptors (Lipinski definition) is 2. The van der Waals surface area contributed by atoms with E-state index in [1.807, 2.05) is 0 Å². The minimum absolute atomic E-state index is 0.328.